The van der Waals surface area contributed by atoms with Crippen molar-refractivity contribution in [1.29, 1.82) is 0 Å². The van der Waals surface area contributed by atoms with Gasteiger partial charge in [0.1, 0.15) is 22.5 Å². The van der Waals surface area contributed by atoms with E-state index in [1.165, 1.54) is 18.2 Å². The maximum absolute atomic E-state index is 13.1. The number of ether oxygens (including phenoxy) is 1. The molecule has 9 heteroatoms. The highest BCUT2D eigenvalue weighted by atomic mass is 32.2. The molecule has 0 saturated heterocycles. The molecule has 34 heavy (non-hydrogen) atoms. The molecule has 0 spiro atoms. The van der Waals surface area contributed by atoms with Gasteiger partial charge in [0.05, 0.1) is 6.42 Å². The molecule has 0 bridgehead atoms. The number of benzene rings is 3. The normalized spacial score (nSPS) is 15.2. The van der Waals surface area contributed by atoms with E-state index in [0.29, 0.717) is 5.56 Å². The molecular formula is C25H18O8S. The largest absolute Gasteiger partial charge is 0.507 e. The van der Waals surface area contributed by atoms with Crippen molar-refractivity contribution >= 4 is 28.7 Å². The molecule has 4 aromatic rings. The summed E-state index contributed by atoms with van der Waals surface area (Å²) in [7, 11) is 0. The van der Waals surface area contributed by atoms with Crippen LogP contribution in [0, 0.1) is 0 Å². The minimum atomic E-state index is -0.891. The van der Waals surface area contributed by atoms with Crippen LogP contribution in [0.3, 0.4) is 0 Å². The molecule has 1 aliphatic heterocycles. The molecule has 0 fully saturated rings. The fourth-order valence-electron chi connectivity index (χ4n) is 4.16. The van der Waals surface area contributed by atoms with Crippen molar-refractivity contribution in [2.24, 2.45) is 0 Å². The second-order valence-corrected chi connectivity index (χ2v) is 8.71. The van der Waals surface area contributed by atoms with Crippen molar-refractivity contribution in [2.45, 2.75) is 17.2 Å². The number of thioether (sulfide) groups is 1. The van der Waals surface area contributed by atoms with Crippen LogP contribution >= 0.6 is 11.8 Å². The summed E-state index contributed by atoms with van der Waals surface area (Å²) in [5.41, 5.74) is 0.342. The Labute approximate surface area is 196 Å². The summed E-state index contributed by atoms with van der Waals surface area (Å²) in [6.07, 6.45) is 1.92. The van der Waals surface area contributed by atoms with Crippen molar-refractivity contribution in [3.8, 4) is 40.1 Å². The SMILES string of the molecule is CSc1ccc(C2CC(=O)Oc3cc(O)c4c(=O)c(O)c(-c5ccc(O)c(O)c5)oc4c32)cc1. The van der Waals surface area contributed by atoms with E-state index >= 15 is 0 Å². The molecule has 4 N–H and O–H groups in total. The van der Waals surface area contributed by atoms with Gasteiger partial charge in [-0.1, -0.05) is 12.1 Å². The zero-order chi connectivity index (χ0) is 24.1. The lowest BCUT2D eigenvalue weighted by Crippen LogP contribution is -2.22. The number of carbonyl (C=O) groups excluding carboxylic acids is 1. The Hall–Kier alpha value is -4.11. The molecule has 1 atom stereocenters. The lowest BCUT2D eigenvalue weighted by molar-refractivity contribution is -0.135. The average Bonchev–Trinajstić information content (AvgIpc) is 2.82. The molecule has 1 aliphatic rings. The van der Waals surface area contributed by atoms with Crippen LogP contribution in [0.4, 0.5) is 0 Å². The molecule has 2 heterocycles. The van der Waals surface area contributed by atoms with Crippen LogP contribution < -0.4 is 10.2 Å². The van der Waals surface area contributed by atoms with Gasteiger partial charge in [0.25, 0.3) is 0 Å². The number of esters is 1. The molecule has 3 aromatic carbocycles. The van der Waals surface area contributed by atoms with E-state index in [-0.39, 0.29) is 40.2 Å². The predicted molar refractivity (Wildman–Crippen MR) is 125 cm³/mol. The first-order valence-electron chi connectivity index (χ1n) is 10.2. The average molecular weight is 478 g/mol. The molecule has 1 aromatic heterocycles. The van der Waals surface area contributed by atoms with Gasteiger partial charge >= 0.3 is 5.97 Å². The van der Waals surface area contributed by atoms with Crippen molar-refractivity contribution in [1.82, 2.24) is 0 Å². The topological polar surface area (TPSA) is 137 Å². The first kappa shape index (κ1) is 21.7. The van der Waals surface area contributed by atoms with E-state index in [2.05, 4.69) is 0 Å². The molecule has 0 amide bonds. The van der Waals surface area contributed by atoms with Crippen LogP contribution in [0.25, 0.3) is 22.3 Å². The van der Waals surface area contributed by atoms with Gasteiger partial charge < -0.3 is 29.6 Å². The van der Waals surface area contributed by atoms with Crippen LogP contribution in [0.1, 0.15) is 23.5 Å². The Kier molecular flexibility index (Phi) is 5.13. The van der Waals surface area contributed by atoms with E-state index in [4.69, 9.17) is 9.15 Å². The number of rotatable bonds is 3. The maximum Gasteiger partial charge on any atom is 0.312 e. The highest BCUT2D eigenvalue weighted by molar-refractivity contribution is 7.98. The van der Waals surface area contributed by atoms with Gasteiger partial charge in [-0.2, -0.15) is 0 Å². The molecule has 0 radical (unpaired) electrons. The van der Waals surface area contributed by atoms with Crippen molar-refractivity contribution in [3.05, 3.63) is 69.9 Å². The van der Waals surface area contributed by atoms with Crippen molar-refractivity contribution in [3.63, 3.8) is 0 Å². The minimum absolute atomic E-state index is 0.0224. The summed E-state index contributed by atoms with van der Waals surface area (Å²) < 4.78 is 11.3. The van der Waals surface area contributed by atoms with E-state index in [1.54, 1.807) is 11.8 Å². The molecule has 172 valence electrons. The number of phenolic OH excluding ortho intramolecular Hbond substituents is 3. The van der Waals surface area contributed by atoms with E-state index in [1.807, 2.05) is 30.5 Å². The summed E-state index contributed by atoms with van der Waals surface area (Å²) in [5.74, 6) is -3.41. The van der Waals surface area contributed by atoms with Crippen LogP contribution in [-0.2, 0) is 4.79 Å². The third-order valence-electron chi connectivity index (χ3n) is 5.82. The Morgan fingerprint density at radius 3 is 2.32 bits per heavy atom. The van der Waals surface area contributed by atoms with Crippen molar-refractivity contribution in [2.75, 3.05) is 6.26 Å². The Morgan fingerprint density at radius 1 is 0.912 bits per heavy atom. The van der Waals surface area contributed by atoms with Crippen molar-refractivity contribution < 1.29 is 34.4 Å². The smallest absolute Gasteiger partial charge is 0.312 e. The summed E-state index contributed by atoms with van der Waals surface area (Å²) in [4.78, 5) is 26.5. The number of carbonyl (C=O) groups is 1. The molecule has 0 aliphatic carbocycles. The van der Waals surface area contributed by atoms with E-state index in [9.17, 15) is 30.0 Å². The van der Waals surface area contributed by atoms with Gasteiger partial charge in [-0.25, -0.2) is 0 Å². The Morgan fingerprint density at radius 2 is 1.65 bits per heavy atom. The number of fused-ring (bicyclic) bond motifs is 3. The quantitative estimate of drug-likeness (QED) is 0.146. The molecule has 5 rings (SSSR count). The summed E-state index contributed by atoms with van der Waals surface area (Å²) >= 11 is 1.57. The molecule has 0 saturated carbocycles. The fraction of sp³-hybridized carbons (Fsp3) is 0.120. The van der Waals surface area contributed by atoms with Crippen LogP contribution in [0.15, 0.2) is 62.6 Å². The Bertz CT molecular complexity index is 1520. The number of hydrogen-bond donors (Lipinski definition) is 4. The van der Waals surface area contributed by atoms with Crippen LogP contribution in [0.2, 0.25) is 0 Å². The van der Waals surface area contributed by atoms with Gasteiger partial charge in [-0.15, -0.1) is 11.8 Å². The fourth-order valence-corrected chi connectivity index (χ4v) is 4.57. The van der Waals surface area contributed by atoms with Gasteiger partial charge in [0.15, 0.2) is 17.3 Å². The van der Waals surface area contributed by atoms with E-state index in [0.717, 1.165) is 16.5 Å². The standard InChI is InChI=1S/C25H18O8S/c1-34-13-5-2-11(3-6-13)14-9-19(29)32-18-10-17(28)21-22(30)23(31)24(33-25(21)20(14)18)12-4-7-15(26)16(27)8-12/h2-8,10,14,26-28,31H,9H2,1H3. The zero-order valence-electron chi connectivity index (χ0n) is 17.7. The maximum atomic E-state index is 13.1. The van der Waals surface area contributed by atoms with Gasteiger partial charge in [-0.05, 0) is 42.2 Å². The van der Waals surface area contributed by atoms with Gasteiger partial charge in [0.2, 0.25) is 11.2 Å². The Balaban J connectivity index is 1.82. The van der Waals surface area contributed by atoms with E-state index < -0.39 is 34.6 Å². The minimum Gasteiger partial charge on any atom is -0.507 e. The molecule has 1 unspecified atom stereocenters. The summed E-state index contributed by atoms with van der Waals surface area (Å²) in [5, 5.41) is 40.4. The second-order valence-electron chi connectivity index (χ2n) is 7.83. The highest BCUT2D eigenvalue weighted by Crippen LogP contribution is 2.47. The molecule has 8 nitrogen and oxygen atoms in total. The summed E-state index contributed by atoms with van der Waals surface area (Å²) in [6.45, 7) is 0. The predicted octanol–water partition coefficient (Wildman–Crippen LogP) is 4.45. The lowest BCUT2D eigenvalue weighted by atomic mass is 9.85. The zero-order valence-corrected chi connectivity index (χ0v) is 18.5. The highest BCUT2D eigenvalue weighted by Gasteiger charge is 2.34. The first-order valence-corrected chi connectivity index (χ1v) is 11.4. The number of aromatic hydroxyl groups is 4. The number of hydrogen-bond acceptors (Lipinski definition) is 9. The lowest BCUT2D eigenvalue weighted by Gasteiger charge is -2.26. The van der Waals surface area contributed by atoms with Gasteiger partial charge in [0, 0.05) is 28.0 Å². The summed E-state index contributed by atoms with van der Waals surface area (Å²) in [6, 6.07) is 12.4. The third kappa shape index (κ3) is 3.41. The third-order valence-corrected chi connectivity index (χ3v) is 6.56. The molecular weight excluding hydrogens is 460 g/mol. The van der Waals surface area contributed by atoms with Crippen LogP contribution in [-0.4, -0.2) is 32.7 Å². The second kappa shape index (κ2) is 8.03. The number of phenols is 3. The van der Waals surface area contributed by atoms with Gasteiger partial charge in [-0.3, -0.25) is 9.59 Å². The van der Waals surface area contributed by atoms with Crippen LogP contribution in [0.5, 0.6) is 28.7 Å². The first-order chi connectivity index (χ1) is 16.3. The monoisotopic (exact) mass is 478 g/mol.